The van der Waals surface area contributed by atoms with E-state index >= 15 is 0 Å². The van der Waals surface area contributed by atoms with Gasteiger partial charge in [0.05, 0.1) is 15.1 Å². The molecular formula is C27H17BrClNO2S2. The minimum Gasteiger partial charge on any atom is -0.488 e. The van der Waals surface area contributed by atoms with Crippen LogP contribution < -0.4 is 9.64 Å². The summed E-state index contributed by atoms with van der Waals surface area (Å²) in [5.41, 5.74) is 2.58. The number of rotatable bonds is 5. The first-order valence-electron chi connectivity index (χ1n) is 10.4. The summed E-state index contributed by atoms with van der Waals surface area (Å²) in [5.74, 6) is 0.571. The number of thioether (sulfide) groups is 1. The molecule has 1 saturated heterocycles. The van der Waals surface area contributed by atoms with Crippen LogP contribution in [0.15, 0.2) is 94.3 Å². The van der Waals surface area contributed by atoms with Gasteiger partial charge < -0.3 is 4.74 Å². The first-order chi connectivity index (χ1) is 16.5. The van der Waals surface area contributed by atoms with Gasteiger partial charge >= 0.3 is 0 Å². The van der Waals surface area contributed by atoms with E-state index in [1.807, 2.05) is 91.0 Å². The number of nitrogens with zero attached hydrogens (tertiary/aromatic N) is 1. The maximum Gasteiger partial charge on any atom is 0.270 e. The Morgan fingerprint density at radius 3 is 2.59 bits per heavy atom. The average molecular weight is 567 g/mol. The van der Waals surface area contributed by atoms with Crippen LogP contribution in [0, 0.1) is 0 Å². The zero-order chi connectivity index (χ0) is 23.7. The molecule has 7 heteroatoms. The number of hydrogen-bond donors (Lipinski definition) is 0. The minimum absolute atomic E-state index is 0.124. The second-order valence-electron chi connectivity index (χ2n) is 7.59. The molecule has 1 heterocycles. The number of anilines is 1. The largest absolute Gasteiger partial charge is 0.488 e. The molecule has 0 saturated carbocycles. The highest BCUT2D eigenvalue weighted by molar-refractivity contribution is 9.10. The van der Waals surface area contributed by atoms with Crippen LogP contribution in [-0.2, 0) is 11.4 Å². The lowest BCUT2D eigenvalue weighted by Gasteiger charge is -2.17. The van der Waals surface area contributed by atoms with E-state index in [1.54, 1.807) is 4.90 Å². The van der Waals surface area contributed by atoms with Gasteiger partial charge in [-0.25, -0.2) is 0 Å². The predicted molar refractivity (Wildman–Crippen MR) is 150 cm³/mol. The third-order valence-corrected chi connectivity index (χ3v) is 7.69. The molecule has 0 atom stereocenters. The quantitative estimate of drug-likeness (QED) is 0.180. The molecule has 0 unspecified atom stereocenters. The van der Waals surface area contributed by atoms with Crippen LogP contribution >= 0.6 is 51.5 Å². The van der Waals surface area contributed by atoms with Crippen molar-refractivity contribution in [2.45, 2.75) is 6.61 Å². The summed E-state index contributed by atoms with van der Waals surface area (Å²) in [6, 6.07) is 27.2. The van der Waals surface area contributed by atoms with E-state index in [2.05, 4.69) is 15.9 Å². The van der Waals surface area contributed by atoms with E-state index in [9.17, 15) is 4.79 Å². The third kappa shape index (κ3) is 4.64. The molecule has 0 bridgehead atoms. The molecule has 4 aromatic carbocycles. The summed E-state index contributed by atoms with van der Waals surface area (Å²) in [7, 11) is 0. The Kier molecular flexibility index (Phi) is 6.75. The summed E-state index contributed by atoms with van der Waals surface area (Å²) >= 11 is 16.7. The number of ether oxygens (including phenoxy) is 1. The van der Waals surface area contributed by atoms with E-state index in [0.717, 1.165) is 32.1 Å². The van der Waals surface area contributed by atoms with Gasteiger partial charge in [-0.05, 0) is 57.2 Å². The Hall–Kier alpha value is -2.64. The summed E-state index contributed by atoms with van der Waals surface area (Å²) < 4.78 is 7.24. The molecule has 0 aromatic heterocycles. The van der Waals surface area contributed by atoms with E-state index < -0.39 is 0 Å². The Morgan fingerprint density at radius 2 is 1.76 bits per heavy atom. The van der Waals surface area contributed by atoms with Crippen LogP contribution in [0.3, 0.4) is 0 Å². The smallest absolute Gasteiger partial charge is 0.270 e. The highest BCUT2D eigenvalue weighted by atomic mass is 79.9. The topological polar surface area (TPSA) is 29.5 Å². The summed E-state index contributed by atoms with van der Waals surface area (Å²) in [6.07, 6.45) is 1.85. The van der Waals surface area contributed by atoms with Crippen molar-refractivity contribution < 1.29 is 9.53 Å². The van der Waals surface area contributed by atoms with Crippen LogP contribution in [0.25, 0.3) is 16.8 Å². The third-order valence-electron chi connectivity index (χ3n) is 5.40. The minimum atomic E-state index is -0.124. The van der Waals surface area contributed by atoms with Crippen LogP contribution in [0.5, 0.6) is 5.75 Å². The Morgan fingerprint density at radius 1 is 1.00 bits per heavy atom. The molecule has 0 radical (unpaired) electrons. The number of hydrogen-bond acceptors (Lipinski definition) is 4. The molecule has 4 aromatic rings. The van der Waals surface area contributed by atoms with E-state index in [1.165, 1.54) is 11.8 Å². The van der Waals surface area contributed by atoms with Crippen LogP contribution in [0.4, 0.5) is 5.69 Å². The van der Waals surface area contributed by atoms with Crippen molar-refractivity contribution in [2.75, 3.05) is 4.90 Å². The summed E-state index contributed by atoms with van der Waals surface area (Å²) in [4.78, 5) is 15.5. The Bertz CT molecular complexity index is 1460. The van der Waals surface area contributed by atoms with Crippen LogP contribution in [-0.4, -0.2) is 10.2 Å². The molecule has 1 fully saturated rings. The fourth-order valence-electron chi connectivity index (χ4n) is 3.72. The molecular weight excluding hydrogens is 550 g/mol. The Labute approximate surface area is 220 Å². The van der Waals surface area contributed by atoms with Crippen molar-refractivity contribution in [2.24, 2.45) is 0 Å². The molecule has 34 heavy (non-hydrogen) atoms. The molecule has 1 aliphatic rings. The molecule has 5 rings (SSSR count). The van der Waals surface area contributed by atoms with Crippen molar-refractivity contribution >= 4 is 84.3 Å². The van der Waals surface area contributed by atoms with E-state index in [0.29, 0.717) is 26.6 Å². The lowest BCUT2D eigenvalue weighted by Crippen LogP contribution is -2.27. The van der Waals surface area contributed by atoms with Crippen molar-refractivity contribution in [3.63, 3.8) is 0 Å². The van der Waals surface area contributed by atoms with Crippen molar-refractivity contribution in [3.05, 3.63) is 110 Å². The van der Waals surface area contributed by atoms with E-state index in [-0.39, 0.29) is 5.91 Å². The van der Waals surface area contributed by atoms with Crippen molar-refractivity contribution in [1.29, 1.82) is 0 Å². The highest BCUT2D eigenvalue weighted by Crippen LogP contribution is 2.39. The van der Waals surface area contributed by atoms with Gasteiger partial charge in [-0.1, -0.05) is 96.2 Å². The van der Waals surface area contributed by atoms with Gasteiger partial charge in [0, 0.05) is 16.0 Å². The first-order valence-corrected chi connectivity index (χ1v) is 12.8. The maximum absolute atomic E-state index is 13.3. The van der Waals surface area contributed by atoms with Crippen LogP contribution in [0.2, 0.25) is 5.02 Å². The summed E-state index contributed by atoms with van der Waals surface area (Å²) in [6.45, 7) is 0.362. The SMILES string of the molecule is O=C1/C(=C/c2ccc(OCc3ccccc3Cl)c(Br)c2)SC(=S)N1c1cccc2ccccc12. The van der Waals surface area contributed by atoms with E-state index in [4.69, 9.17) is 28.6 Å². The lowest BCUT2D eigenvalue weighted by atomic mass is 10.1. The van der Waals surface area contributed by atoms with Gasteiger partial charge in [0.25, 0.3) is 5.91 Å². The first kappa shape index (κ1) is 23.1. The molecule has 168 valence electrons. The number of amides is 1. The normalized spacial score (nSPS) is 14.9. The van der Waals surface area contributed by atoms with Gasteiger partial charge in [-0.3, -0.25) is 9.69 Å². The average Bonchev–Trinajstić information content (AvgIpc) is 3.11. The number of fused-ring (bicyclic) bond motifs is 1. The van der Waals surface area contributed by atoms with Gasteiger partial charge in [-0.2, -0.15) is 0 Å². The maximum atomic E-state index is 13.3. The van der Waals surface area contributed by atoms with Crippen LogP contribution in [0.1, 0.15) is 11.1 Å². The number of carbonyl (C=O) groups is 1. The second kappa shape index (κ2) is 9.92. The zero-order valence-electron chi connectivity index (χ0n) is 17.7. The number of halogens is 2. The molecule has 0 spiro atoms. The van der Waals surface area contributed by atoms with Crippen molar-refractivity contribution in [3.8, 4) is 5.75 Å². The molecule has 1 aliphatic heterocycles. The number of thiocarbonyl (C=S) groups is 1. The highest BCUT2D eigenvalue weighted by Gasteiger charge is 2.34. The van der Waals surface area contributed by atoms with Gasteiger partial charge in [-0.15, -0.1) is 0 Å². The fourth-order valence-corrected chi connectivity index (χ4v) is 5.71. The lowest BCUT2D eigenvalue weighted by molar-refractivity contribution is -0.113. The second-order valence-corrected chi connectivity index (χ2v) is 10.5. The monoisotopic (exact) mass is 565 g/mol. The summed E-state index contributed by atoms with van der Waals surface area (Å²) in [5, 5.41) is 2.73. The van der Waals surface area contributed by atoms with Gasteiger partial charge in [0.1, 0.15) is 12.4 Å². The fraction of sp³-hybridized carbons (Fsp3) is 0.0370. The van der Waals surface area contributed by atoms with Gasteiger partial charge in [0.2, 0.25) is 0 Å². The molecule has 0 aliphatic carbocycles. The molecule has 3 nitrogen and oxygen atoms in total. The predicted octanol–water partition coefficient (Wildman–Crippen LogP) is 8.24. The van der Waals surface area contributed by atoms with Crippen molar-refractivity contribution in [1.82, 2.24) is 0 Å². The molecule has 1 amide bonds. The standard InChI is InChI=1S/C27H17BrClNO2S2/c28-21-14-17(12-13-24(21)32-16-19-7-2-4-10-22(19)29)15-25-26(31)30(27(33)34-25)23-11-5-8-18-6-1-3-9-20(18)23/h1-15H,16H2/b25-15-. The Balaban J connectivity index is 1.37. The zero-order valence-corrected chi connectivity index (χ0v) is 21.7. The molecule has 0 N–H and O–H groups in total. The number of carbonyl (C=O) groups excluding carboxylic acids is 1. The van der Waals surface area contributed by atoms with Gasteiger partial charge in [0.15, 0.2) is 4.32 Å². The number of benzene rings is 4.